The lowest BCUT2D eigenvalue weighted by molar-refractivity contribution is -0.322. The number of ketones is 1. The van der Waals surface area contributed by atoms with Crippen molar-refractivity contribution in [2.24, 2.45) is 121 Å². The van der Waals surface area contributed by atoms with Crippen LogP contribution in [0.4, 0.5) is 0 Å². The highest BCUT2D eigenvalue weighted by molar-refractivity contribution is 5.94. The van der Waals surface area contributed by atoms with E-state index >= 15 is 19.5 Å². The van der Waals surface area contributed by atoms with E-state index < -0.39 is 92.0 Å². The Hall–Kier alpha value is -4.29. The number of rotatable bonds is 7. The van der Waals surface area contributed by atoms with Crippen molar-refractivity contribution in [2.75, 3.05) is 26.4 Å². The van der Waals surface area contributed by atoms with Crippen LogP contribution in [0.25, 0.3) is 0 Å². The number of furan rings is 1. The fourth-order valence-corrected chi connectivity index (χ4v) is 31.3. The largest absolute Gasteiger partial charge is 0.469 e. The van der Waals surface area contributed by atoms with Gasteiger partial charge in [0.15, 0.2) is 17.5 Å². The average molecular weight is 1220 g/mol. The monoisotopic (exact) mass is 1220 g/mol. The molecular weight excluding hydrogens is 1130 g/mol. The number of carbonyl (C=O) groups excluding carboxylic acids is 3. The molecule has 8 spiro atoms. The van der Waals surface area contributed by atoms with Crippen LogP contribution in [0, 0.1) is 133 Å². The van der Waals surface area contributed by atoms with Gasteiger partial charge < -0.3 is 43.6 Å². The van der Waals surface area contributed by atoms with Gasteiger partial charge in [-0.25, -0.2) is 4.79 Å². The van der Waals surface area contributed by atoms with Gasteiger partial charge in [0.2, 0.25) is 0 Å². The van der Waals surface area contributed by atoms with Gasteiger partial charge in [0.25, 0.3) is 0 Å². The highest BCUT2D eigenvalue weighted by Gasteiger charge is 3.02. The second kappa shape index (κ2) is 17.6. The summed E-state index contributed by atoms with van der Waals surface area (Å²) in [7, 11) is 0. The Kier molecular flexibility index (Phi) is 10.8. The number of ether oxygens (including phenoxy) is 4. The summed E-state index contributed by atoms with van der Waals surface area (Å²) in [5.74, 6) is 6.52. The zero-order valence-electron chi connectivity index (χ0n) is 52.8. The Morgan fingerprint density at radius 2 is 1.73 bits per heavy atom. The number of benzene rings is 1. The van der Waals surface area contributed by atoms with Gasteiger partial charge in [0.05, 0.1) is 54.4 Å². The minimum absolute atomic E-state index is 0.0180. The molecule has 28 atom stereocenters. The molecule has 1 aromatic carbocycles. The first-order valence-corrected chi connectivity index (χ1v) is 36.4. The molecule has 7 aliphatic heterocycles. The first kappa shape index (κ1) is 55.0. The van der Waals surface area contributed by atoms with Crippen LogP contribution in [0.5, 0.6) is 0 Å². The number of aliphatic hydroxyl groups excluding tert-OH is 3. The second-order valence-electron chi connectivity index (χ2n) is 34.8. The Balaban J connectivity index is 0.825. The number of aryl methyl sites for hydroxylation is 1. The number of fused-ring (bicyclic) bond motifs is 9. The molecule has 476 valence electrons. The molecule has 4 N–H and O–H groups in total. The lowest BCUT2D eigenvalue weighted by Gasteiger charge is -2.75. The fourth-order valence-electron chi connectivity index (χ4n) is 31.3. The highest BCUT2D eigenvalue weighted by atomic mass is 16.7. The zero-order chi connectivity index (χ0) is 60.3. The third-order valence-corrected chi connectivity index (χ3v) is 33.1. The normalized spacial score (nSPS) is 54.2. The van der Waals surface area contributed by atoms with Crippen LogP contribution in [0.2, 0.25) is 0 Å². The minimum Gasteiger partial charge on any atom is -0.469 e. The molecule has 15 fully saturated rings. The second-order valence-corrected chi connectivity index (χ2v) is 34.8. The van der Waals surface area contributed by atoms with E-state index in [2.05, 4.69) is 84.6 Å². The maximum atomic E-state index is 17.5. The molecule has 5 saturated heterocycles. The molecule has 10 saturated carbocycles. The summed E-state index contributed by atoms with van der Waals surface area (Å²) in [5, 5.41) is 42.2. The molecule has 21 rings (SSSR count). The van der Waals surface area contributed by atoms with Crippen molar-refractivity contribution in [2.45, 2.75) is 208 Å². The molecule has 13 heteroatoms. The predicted octanol–water partition coefficient (Wildman–Crippen LogP) is 9.71. The number of nitrogens with zero attached hydrogens (tertiary/aromatic N) is 1. The van der Waals surface area contributed by atoms with Crippen LogP contribution in [0.15, 0.2) is 64.9 Å². The Bertz CT molecular complexity index is 3640. The average Bonchev–Trinajstić information content (AvgIpc) is 1.40. The number of aliphatic hydroxyl groups is 3. The van der Waals surface area contributed by atoms with Gasteiger partial charge in [0.1, 0.15) is 29.7 Å². The fraction of sp³-hybridized carbons (Fsp3) is 0.753. The summed E-state index contributed by atoms with van der Waals surface area (Å²) in [6.07, 6.45) is 26.7. The van der Waals surface area contributed by atoms with Gasteiger partial charge in [-0.2, -0.15) is 0 Å². The van der Waals surface area contributed by atoms with Gasteiger partial charge >= 0.3 is 11.9 Å². The molecule has 12 aliphatic carbocycles. The van der Waals surface area contributed by atoms with Crippen molar-refractivity contribution in [3.05, 3.63) is 83.0 Å². The van der Waals surface area contributed by atoms with E-state index in [1.165, 1.54) is 43.2 Å². The third kappa shape index (κ3) is 5.71. The Labute approximate surface area is 529 Å². The van der Waals surface area contributed by atoms with Crippen molar-refractivity contribution >= 4 is 17.7 Å². The van der Waals surface area contributed by atoms with Crippen LogP contribution in [-0.2, 0) is 58.2 Å². The zero-order valence-corrected chi connectivity index (χ0v) is 52.8. The molecule has 28 unspecified atom stereocenters. The van der Waals surface area contributed by atoms with Gasteiger partial charge in [-0.15, -0.1) is 0 Å². The smallest absolute Gasteiger partial charge is 0.339 e. The van der Waals surface area contributed by atoms with Crippen molar-refractivity contribution in [1.82, 2.24) is 10.2 Å². The standard InChI is InChI=1S/C77H92N2O11/c1-68-25-20-49-33-48-21-26-71-28-27-70(23-6-7-24-70)58(71)19-18-53-52-35-69(2)75-47(16-13-46-38-86-57(59(46)75)34-51(56(81)37-80)44-14-17-50-45(32-44)22-29-79-40-78-36-55(50)79)15-12-43-11-10-42(30-41-8-4-3-5-9-41)31-54(43)74(77(69)65(88-77)67(85)89-75)61(52)72(62(68)60(82)64(74)83)39-87-66(84)63(73(48,53)71)76(49,72)90-68/h3-5,8-9,20,22,29,38,42-45,47-48,50-56,58,61-65,78,80-81,83H,6-7,10-11,13-14,16-19,21,23-28,30-37,39-40H2,1-2H3. The molecule has 0 amide bonds. The highest BCUT2D eigenvalue weighted by Crippen LogP contribution is 2.95. The summed E-state index contributed by atoms with van der Waals surface area (Å²) in [6.45, 7) is 6.06. The number of Topliss-reactive ketones (excluding diaryl/α,β-unsaturated/α-hetero) is 1. The SMILES string of the molecule is CC12CC=C3CC4CCC56CCC7(CCCC7)C5CCC5C7CC8(C)C9%10OC(=O)C%11OC%118C8(C(O)C(=O)C1C1(COC(=O)C(C31O2)C456)C78)C1CC(Cc2ccccc2)CCC1C#CC9CCc1coc(CC(C(O)CO)C2CCC3C(C=CN4CNCC34)C2)c1%10. The molecule has 9 bridgehead atoms. The number of esters is 2. The minimum atomic E-state index is -1.55. The van der Waals surface area contributed by atoms with Crippen LogP contribution < -0.4 is 5.32 Å². The van der Waals surface area contributed by atoms with E-state index in [1.54, 1.807) is 0 Å². The van der Waals surface area contributed by atoms with E-state index in [0.29, 0.717) is 68.1 Å². The van der Waals surface area contributed by atoms with Crippen molar-refractivity contribution in [1.29, 1.82) is 0 Å². The van der Waals surface area contributed by atoms with E-state index in [0.717, 1.165) is 101 Å². The number of hydrogen-bond donors (Lipinski definition) is 4. The van der Waals surface area contributed by atoms with Gasteiger partial charge in [-0.1, -0.05) is 74.1 Å². The van der Waals surface area contributed by atoms with Crippen LogP contribution in [-0.4, -0.2) is 106 Å². The maximum Gasteiger partial charge on any atom is 0.339 e. The summed E-state index contributed by atoms with van der Waals surface area (Å²) in [4.78, 5) is 53.1. The first-order valence-electron chi connectivity index (χ1n) is 36.4. The number of allylic oxidation sites excluding steroid dienone is 1. The molecule has 19 aliphatic rings. The number of hydrogen-bond acceptors (Lipinski definition) is 13. The van der Waals surface area contributed by atoms with Crippen molar-refractivity contribution in [3.8, 4) is 11.8 Å². The van der Waals surface area contributed by atoms with Gasteiger partial charge in [0, 0.05) is 41.3 Å². The molecule has 8 heterocycles. The summed E-state index contributed by atoms with van der Waals surface area (Å²) in [5.41, 5.74) is -4.74. The van der Waals surface area contributed by atoms with Crippen molar-refractivity contribution < 1.29 is 53.1 Å². The molecule has 0 radical (unpaired) electrons. The number of nitrogens with one attached hydrogen (secondary N) is 1. The molecular formula is C77H92N2O11. The topological polar surface area (TPSA) is 181 Å². The lowest BCUT2D eigenvalue weighted by atomic mass is 9.27. The summed E-state index contributed by atoms with van der Waals surface area (Å²) in [6, 6.07) is 11.3. The Morgan fingerprint density at radius 1 is 0.867 bits per heavy atom. The Morgan fingerprint density at radius 3 is 2.59 bits per heavy atom. The predicted molar refractivity (Wildman–Crippen MR) is 327 cm³/mol. The molecule has 1 aromatic heterocycles. The molecule has 90 heavy (non-hydrogen) atoms. The maximum absolute atomic E-state index is 17.5. The quantitative estimate of drug-likeness (QED) is 0.0892. The summed E-state index contributed by atoms with van der Waals surface area (Å²) >= 11 is 0. The van der Waals surface area contributed by atoms with Gasteiger partial charge in [-0.05, 0) is 240 Å². The van der Waals surface area contributed by atoms with Crippen LogP contribution in [0.1, 0.15) is 165 Å². The van der Waals surface area contributed by atoms with E-state index in [9.17, 15) is 10.2 Å². The van der Waals surface area contributed by atoms with Crippen molar-refractivity contribution in [3.63, 3.8) is 0 Å². The van der Waals surface area contributed by atoms with Gasteiger partial charge in [-0.3, -0.25) is 14.9 Å². The molecule has 2 aromatic rings. The van der Waals surface area contributed by atoms with E-state index in [4.69, 9.17) is 23.4 Å². The van der Waals surface area contributed by atoms with E-state index in [-0.39, 0.29) is 83.1 Å². The molecule has 13 nitrogen and oxygen atoms in total. The third-order valence-electron chi connectivity index (χ3n) is 33.1. The lowest BCUT2D eigenvalue weighted by Crippen LogP contribution is -2.84. The number of cyclic esters (lactones) is 1. The summed E-state index contributed by atoms with van der Waals surface area (Å²) < 4.78 is 38.5. The van der Waals surface area contributed by atoms with E-state index in [1.807, 2.05) is 6.26 Å². The number of carbonyl (C=O) groups is 3. The first-order chi connectivity index (χ1) is 43.7. The van der Waals surface area contributed by atoms with Crippen LogP contribution in [0.3, 0.4) is 0 Å². The number of epoxide rings is 1. The van der Waals surface area contributed by atoms with Crippen LogP contribution >= 0.6 is 0 Å².